The van der Waals surface area contributed by atoms with Gasteiger partial charge in [-0.2, -0.15) is 0 Å². The lowest BCUT2D eigenvalue weighted by atomic mass is 10.0. The summed E-state index contributed by atoms with van der Waals surface area (Å²) in [5.41, 5.74) is 0.311. The van der Waals surface area contributed by atoms with Gasteiger partial charge in [-0.05, 0) is 30.5 Å². The normalized spacial score (nSPS) is 11.8. The number of aromatic carboxylic acids is 1. The van der Waals surface area contributed by atoms with E-state index in [0.29, 0.717) is 6.42 Å². The van der Waals surface area contributed by atoms with Gasteiger partial charge in [0.05, 0.1) is 5.56 Å². The van der Waals surface area contributed by atoms with E-state index in [2.05, 4.69) is 10.6 Å². The quantitative estimate of drug-likeness (QED) is 0.640. The van der Waals surface area contributed by atoms with Gasteiger partial charge in [0, 0.05) is 5.69 Å². The molecule has 1 rings (SSSR count). The number of nitrogens with one attached hydrogen (secondary N) is 2. The molecule has 0 saturated carbocycles. The highest BCUT2D eigenvalue weighted by Crippen LogP contribution is 2.11. The molecule has 0 heterocycles. The number of rotatable bonds is 6. The Morgan fingerprint density at radius 1 is 1.19 bits per heavy atom. The smallest absolute Gasteiger partial charge is 0.335 e. The Morgan fingerprint density at radius 3 is 2.38 bits per heavy atom. The summed E-state index contributed by atoms with van der Waals surface area (Å²) in [4.78, 5) is 33.6. The molecule has 0 aliphatic carbocycles. The number of carboxylic acids is 2. The van der Waals surface area contributed by atoms with Crippen molar-refractivity contribution in [1.29, 1.82) is 0 Å². The van der Waals surface area contributed by atoms with Crippen molar-refractivity contribution in [1.82, 2.24) is 5.32 Å². The van der Waals surface area contributed by atoms with Crippen LogP contribution in [0.5, 0.6) is 0 Å². The SMILES string of the molecule is CC(C)C[C@H](NC(=O)Nc1cccc(C(=O)O)c1)C(=O)O. The molecule has 0 aromatic heterocycles. The van der Waals surface area contributed by atoms with Crippen LogP contribution in [0.3, 0.4) is 0 Å². The second-order valence-corrected chi connectivity index (χ2v) is 5.00. The largest absolute Gasteiger partial charge is 0.480 e. The minimum absolute atomic E-state index is 0.0322. The minimum Gasteiger partial charge on any atom is -0.480 e. The number of carbonyl (C=O) groups is 3. The summed E-state index contributed by atoms with van der Waals surface area (Å²) in [6.45, 7) is 3.71. The highest BCUT2D eigenvalue weighted by atomic mass is 16.4. The van der Waals surface area contributed by atoms with Gasteiger partial charge in [0.2, 0.25) is 0 Å². The molecule has 114 valence electrons. The molecular formula is C14H18N2O5. The van der Waals surface area contributed by atoms with Crippen LogP contribution in [0.2, 0.25) is 0 Å². The Morgan fingerprint density at radius 2 is 1.86 bits per heavy atom. The Hall–Kier alpha value is -2.57. The molecule has 0 radical (unpaired) electrons. The third-order valence-electron chi connectivity index (χ3n) is 2.68. The van der Waals surface area contributed by atoms with E-state index >= 15 is 0 Å². The van der Waals surface area contributed by atoms with E-state index < -0.39 is 24.0 Å². The van der Waals surface area contributed by atoms with Crippen LogP contribution in [0, 0.1) is 5.92 Å². The first kappa shape index (κ1) is 16.5. The summed E-state index contributed by atoms with van der Waals surface area (Å²) in [7, 11) is 0. The summed E-state index contributed by atoms with van der Waals surface area (Å²) < 4.78 is 0. The molecule has 7 heteroatoms. The van der Waals surface area contributed by atoms with E-state index in [1.54, 1.807) is 0 Å². The van der Waals surface area contributed by atoms with Gasteiger partial charge < -0.3 is 20.8 Å². The Balaban J connectivity index is 2.70. The van der Waals surface area contributed by atoms with Crippen LogP contribution in [-0.2, 0) is 4.79 Å². The van der Waals surface area contributed by atoms with Crippen LogP contribution in [-0.4, -0.2) is 34.2 Å². The van der Waals surface area contributed by atoms with E-state index in [1.165, 1.54) is 24.3 Å². The van der Waals surface area contributed by atoms with Crippen molar-refractivity contribution in [3.05, 3.63) is 29.8 Å². The van der Waals surface area contributed by atoms with Gasteiger partial charge in [0.25, 0.3) is 0 Å². The zero-order valence-electron chi connectivity index (χ0n) is 11.8. The number of aliphatic carboxylic acids is 1. The molecule has 0 unspecified atom stereocenters. The van der Waals surface area contributed by atoms with Crippen LogP contribution < -0.4 is 10.6 Å². The van der Waals surface area contributed by atoms with Crippen LogP contribution >= 0.6 is 0 Å². The van der Waals surface area contributed by atoms with Crippen molar-refractivity contribution < 1.29 is 24.6 Å². The number of anilines is 1. The number of hydrogen-bond acceptors (Lipinski definition) is 3. The maximum absolute atomic E-state index is 11.8. The molecule has 21 heavy (non-hydrogen) atoms. The van der Waals surface area contributed by atoms with E-state index in [4.69, 9.17) is 10.2 Å². The third-order valence-corrected chi connectivity index (χ3v) is 2.68. The van der Waals surface area contributed by atoms with Crippen LogP contribution in [0.25, 0.3) is 0 Å². The summed E-state index contributed by atoms with van der Waals surface area (Å²) >= 11 is 0. The number of hydrogen-bond donors (Lipinski definition) is 4. The molecule has 1 aromatic carbocycles. The monoisotopic (exact) mass is 294 g/mol. The molecule has 1 aromatic rings. The van der Waals surface area contributed by atoms with Crippen molar-refractivity contribution in [2.24, 2.45) is 5.92 Å². The molecule has 0 fully saturated rings. The lowest BCUT2D eigenvalue weighted by Crippen LogP contribution is -2.43. The Bertz CT molecular complexity index is 542. The molecule has 2 amide bonds. The Kier molecular flexibility index (Phi) is 5.71. The van der Waals surface area contributed by atoms with Gasteiger partial charge in [0.15, 0.2) is 0 Å². The molecule has 0 spiro atoms. The minimum atomic E-state index is -1.11. The predicted molar refractivity (Wildman–Crippen MR) is 76.4 cm³/mol. The second kappa shape index (κ2) is 7.28. The maximum atomic E-state index is 11.8. The average molecular weight is 294 g/mol. The number of carboxylic acid groups (broad SMARTS) is 2. The first-order chi connectivity index (χ1) is 9.79. The van der Waals surface area contributed by atoms with E-state index in [0.717, 1.165) is 0 Å². The van der Waals surface area contributed by atoms with Crippen LogP contribution in [0.4, 0.5) is 10.5 Å². The van der Waals surface area contributed by atoms with Crippen LogP contribution in [0.15, 0.2) is 24.3 Å². The molecule has 0 bridgehead atoms. The zero-order valence-corrected chi connectivity index (χ0v) is 11.8. The number of benzene rings is 1. The van der Waals surface area contributed by atoms with Gasteiger partial charge in [-0.15, -0.1) is 0 Å². The standard InChI is InChI=1S/C14H18N2O5/c1-8(2)6-11(13(19)20)16-14(21)15-10-5-3-4-9(7-10)12(17)18/h3-5,7-8,11H,6H2,1-2H3,(H,17,18)(H,19,20)(H2,15,16,21)/t11-/m0/s1. The van der Waals surface area contributed by atoms with Gasteiger partial charge in [-0.25, -0.2) is 14.4 Å². The zero-order chi connectivity index (χ0) is 16.0. The van der Waals surface area contributed by atoms with Crippen molar-refractivity contribution in [3.63, 3.8) is 0 Å². The molecular weight excluding hydrogens is 276 g/mol. The summed E-state index contributed by atoms with van der Waals surface area (Å²) in [6.07, 6.45) is 0.303. The van der Waals surface area contributed by atoms with Crippen LogP contribution in [0.1, 0.15) is 30.6 Å². The molecule has 7 nitrogen and oxygen atoms in total. The predicted octanol–water partition coefficient (Wildman–Crippen LogP) is 2.01. The summed E-state index contributed by atoms with van der Waals surface area (Å²) in [5.74, 6) is -2.11. The number of urea groups is 1. The van der Waals surface area contributed by atoms with Crippen molar-refractivity contribution in [2.75, 3.05) is 5.32 Å². The van der Waals surface area contributed by atoms with Gasteiger partial charge in [-0.3, -0.25) is 0 Å². The van der Waals surface area contributed by atoms with E-state index in [-0.39, 0.29) is 17.2 Å². The average Bonchev–Trinajstić information content (AvgIpc) is 2.37. The molecule has 4 N–H and O–H groups in total. The summed E-state index contributed by atoms with van der Waals surface area (Å²) in [5, 5.41) is 22.7. The van der Waals surface area contributed by atoms with E-state index in [9.17, 15) is 14.4 Å². The molecule has 0 aliphatic heterocycles. The Labute approximate surface area is 122 Å². The second-order valence-electron chi connectivity index (χ2n) is 5.00. The van der Waals surface area contributed by atoms with E-state index in [1.807, 2.05) is 13.8 Å². The molecule has 1 atom stereocenters. The number of carbonyl (C=O) groups excluding carboxylic acids is 1. The van der Waals surface area contributed by atoms with Crippen molar-refractivity contribution in [3.8, 4) is 0 Å². The summed E-state index contributed by atoms with van der Waals surface area (Å²) in [6, 6.07) is 4.01. The lowest BCUT2D eigenvalue weighted by Gasteiger charge is -2.17. The van der Waals surface area contributed by atoms with Gasteiger partial charge in [-0.1, -0.05) is 19.9 Å². The number of amides is 2. The molecule has 0 saturated heterocycles. The highest BCUT2D eigenvalue weighted by Gasteiger charge is 2.21. The van der Waals surface area contributed by atoms with Gasteiger partial charge >= 0.3 is 18.0 Å². The fraction of sp³-hybridized carbons (Fsp3) is 0.357. The first-order valence-corrected chi connectivity index (χ1v) is 6.43. The van der Waals surface area contributed by atoms with Crippen molar-refractivity contribution in [2.45, 2.75) is 26.3 Å². The van der Waals surface area contributed by atoms with Gasteiger partial charge in [0.1, 0.15) is 6.04 Å². The highest BCUT2D eigenvalue weighted by molar-refractivity contribution is 5.94. The molecule has 0 aliphatic rings. The topological polar surface area (TPSA) is 116 Å². The first-order valence-electron chi connectivity index (χ1n) is 6.43. The fourth-order valence-electron chi connectivity index (χ4n) is 1.75. The third kappa shape index (κ3) is 5.52. The fourth-order valence-corrected chi connectivity index (χ4v) is 1.75. The lowest BCUT2D eigenvalue weighted by molar-refractivity contribution is -0.139. The van der Waals surface area contributed by atoms with Crippen molar-refractivity contribution >= 4 is 23.7 Å². The maximum Gasteiger partial charge on any atom is 0.335 e.